The predicted octanol–water partition coefficient (Wildman–Crippen LogP) is 18.5. The van der Waals surface area contributed by atoms with E-state index in [1.54, 1.807) is 0 Å². The Hall–Kier alpha value is -8.58. The molecule has 0 atom stereocenters. The number of hydrogen-bond donors (Lipinski definition) is 0. The molecule has 0 heterocycles. The van der Waals surface area contributed by atoms with E-state index in [4.69, 9.17) is 0 Å². The zero-order valence-corrected chi connectivity index (χ0v) is 37.1. The second-order valence-corrected chi connectivity index (χ2v) is 17.4. The van der Waals surface area contributed by atoms with Gasteiger partial charge >= 0.3 is 0 Å². The van der Waals surface area contributed by atoms with Crippen molar-refractivity contribution in [3.8, 4) is 89.0 Å². The molecule has 12 rings (SSSR count). The van der Waals surface area contributed by atoms with Crippen LogP contribution in [0.1, 0.15) is 11.5 Å². The average molecular weight is 851 g/mol. The van der Waals surface area contributed by atoms with Gasteiger partial charge in [-0.3, -0.25) is 0 Å². The Morgan fingerprint density at radius 1 is 0.209 bits per heavy atom. The van der Waals surface area contributed by atoms with Crippen LogP contribution in [0.15, 0.2) is 273 Å². The summed E-state index contributed by atoms with van der Waals surface area (Å²) >= 11 is 0. The Kier molecular flexibility index (Phi) is 10.4. The van der Waals surface area contributed by atoms with Crippen molar-refractivity contribution in [1.29, 1.82) is 0 Å². The first kappa shape index (κ1) is 40.0. The molecule has 67 heavy (non-hydrogen) atoms. The van der Waals surface area contributed by atoms with E-state index in [0.29, 0.717) is 0 Å². The Bertz CT molecular complexity index is 3360. The van der Waals surface area contributed by atoms with Gasteiger partial charge in [0.1, 0.15) is 0 Å². The molecule has 0 saturated heterocycles. The lowest BCUT2D eigenvalue weighted by Crippen LogP contribution is -2.05. The van der Waals surface area contributed by atoms with Crippen LogP contribution in [0.4, 0.5) is 0 Å². The van der Waals surface area contributed by atoms with E-state index >= 15 is 0 Å². The summed E-state index contributed by atoms with van der Waals surface area (Å²) in [5.74, 6) is -0.0271. The van der Waals surface area contributed by atoms with Crippen LogP contribution in [0.25, 0.3) is 111 Å². The summed E-state index contributed by atoms with van der Waals surface area (Å²) in [6.07, 6.45) is 9.29. The molecule has 11 aromatic carbocycles. The largest absolute Gasteiger partial charge is 0.0732 e. The minimum atomic E-state index is -0.0271. The zero-order valence-electron chi connectivity index (χ0n) is 37.1. The van der Waals surface area contributed by atoms with Gasteiger partial charge in [0, 0.05) is 5.92 Å². The topological polar surface area (TPSA) is 0 Å². The molecule has 0 N–H and O–H groups in total. The van der Waals surface area contributed by atoms with Crippen molar-refractivity contribution in [2.75, 3.05) is 0 Å². The SMILES string of the molecule is C1=CC(c2c3c(-c4ccccc4)c(-c4ccccc4)c(-c4ccccc4)c(-c4ccccc4)c3cc3c(-c4ccccc4)c(-c4ccccc4)c(-c4ccccc4)c(-c4ccccc4)c23)C=C1. The Balaban J connectivity index is 1.47. The smallest absolute Gasteiger partial charge is 0.0217 e. The summed E-state index contributed by atoms with van der Waals surface area (Å²) in [5, 5.41) is 4.98. The van der Waals surface area contributed by atoms with Gasteiger partial charge in [-0.15, -0.1) is 0 Å². The predicted molar refractivity (Wildman–Crippen MR) is 286 cm³/mol. The maximum absolute atomic E-state index is 2.59. The van der Waals surface area contributed by atoms with E-state index in [-0.39, 0.29) is 5.92 Å². The van der Waals surface area contributed by atoms with Crippen LogP contribution in [0.2, 0.25) is 0 Å². The van der Waals surface area contributed by atoms with Crippen molar-refractivity contribution in [2.45, 2.75) is 5.92 Å². The van der Waals surface area contributed by atoms with Crippen molar-refractivity contribution in [2.24, 2.45) is 0 Å². The van der Waals surface area contributed by atoms with Crippen molar-refractivity contribution in [1.82, 2.24) is 0 Å². The van der Waals surface area contributed by atoms with Gasteiger partial charge in [-0.2, -0.15) is 0 Å². The lowest BCUT2D eigenvalue weighted by Gasteiger charge is -2.31. The molecular formula is C67H46. The van der Waals surface area contributed by atoms with Crippen molar-refractivity contribution < 1.29 is 0 Å². The minimum Gasteiger partial charge on any atom is -0.0732 e. The molecule has 1 aliphatic rings. The molecule has 1 aliphatic carbocycles. The summed E-state index contributed by atoms with van der Waals surface area (Å²) in [6.45, 7) is 0. The molecule has 0 saturated carbocycles. The second kappa shape index (κ2) is 17.4. The summed E-state index contributed by atoms with van der Waals surface area (Å²) in [4.78, 5) is 0. The fourth-order valence-corrected chi connectivity index (χ4v) is 10.8. The van der Waals surface area contributed by atoms with Gasteiger partial charge < -0.3 is 0 Å². The highest BCUT2D eigenvalue weighted by Crippen LogP contribution is 2.58. The lowest BCUT2D eigenvalue weighted by molar-refractivity contribution is 1.14. The fourth-order valence-electron chi connectivity index (χ4n) is 10.8. The lowest BCUT2D eigenvalue weighted by atomic mass is 9.72. The number of fused-ring (bicyclic) bond motifs is 2. The van der Waals surface area contributed by atoms with Crippen LogP contribution >= 0.6 is 0 Å². The van der Waals surface area contributed by atoms with Gasteiger partial charge in [-0.25, -0.2) is 0 Å². The third-order valence-corrected chi connectivity index (χ3v) is 13.5. The highest BCUT2D eigenvalue weighted by atomic mass is 14.3. The van der Waals surface area contributed by atoms with Gasteiger partial charge in [0.05, 0.1) is 0 Å². The Labute approximate surface area is 393 Å². The van der Waals surface area contributed by atoms with Crippen molar-refractivity contribution >= 4 is 21.5 Å². The number of rotatable bonds is 9. The summed E-state index contributed by atoms with van der Waals surface area (Å²) in [6, 6.07) is 91.5. The van der Waals surface area contributed by atoms with E-state index in [1.165, 1.54) is 116 Å². The molecule has 0 amide bonds. The molecule has 0 nitrogen and oxygen atoms in total. The first-order chi connectivity index (χ1) is 33.3. The van der Waals surface area contributed by atoms with Gasteiger partial charge in [0.2, 0.25) is 0 Å². The van der Waals surface area contributed by atoms with Crippen LogP contribution in [-0.4, -0.2) is 0 Å². The van der Waals surface area contributed by atoms with Gasteiger partial charge in [0.25, 0.3) is 0 Å². The standard InChI is InChI=1S/C67H46/c1-9-27-46(28-10-1)57-55-45-56-58(47-29-11-2-12-30-47)60(49-33-15-4-16-34-49)62(51-37-19-6-20-38-51)64(53-41-23-8-24-42-53)67(56)65(54-43-25-26-44-54)66(55)63(52-39-21-7-22-40-52)61(50-35-17-5-18-36-50)59(57)48-31-13-3-14-32-48/h1-45,54H. The van der Waals surface area contributed by atoms with Crippen LogP contribution in [-0.2, 0) is 0 Å². The molecule has 314 valence electrons. The normalized spacial score (nSPS) is 12.3. The maximum Gasteiger partial charge on any atom is 0.0217 e. The highest BCUT2D eigenvalue weighted by molar-refractivity contribution is 6.28. The molecule has 0 bridgehead atoms. The molecule has 0 spiro atoms. The third-order valence-electron chi connectivity index (χ3n) is 13.5. The van der Waals surface area contributed by atoms with E-state index in [1.807, 2.05) is 0 Å². The van der Waals surface area contributed by atoms with Gasteiger partial charge in [0.15, 0.2) is 0 Å². The zero-order chi connectivity index (χ0) is 44.5. The minimum absolute atomic E-state index is 0.0271. The number of hydrogen-bond acceptors (Lipinski definition) is 0. The molecule has 11 aromatic rings. The van der Waals surface area contributed by atoms with Crippen LogP contribution in [0.3, 0.4) is 0 Å². The summed E-state index contributed by atoms with van der Waals surface area (Å²) in [5.41, 5.74) is 20.6. The van der Waals surface area contributed by atoms with Gasteiger partial charge in [-0.05, 0) is 122 Å². The second-order valence-electron chi connectivity index (χ2n) is 17.4. The molecule has 0 aliphatic heterocycles. The quantitative estimate of drug-likeness (QED) is 0.127. The van der Waals surface area contributed by atoms with E-state index < -0.39 is 0 Å². The highest BCUT2D eigenvalue weighted by Gasteiger charge is 2.32. The molecular weight excluding hydrogens is 805 g/mol. The van der Waals surface area contributed by atoms with Crippen LogP contribution < -0.4 is 0 Å². The number of allylic oxidation sites excluding steroid dienone is 4. The number of benzene rings is 11. The molecule has 0 radical (unpaired) electrons. The van der Waals surface area contributed by atoms with E-state index in [9.17, 15) is 0 Å². The van der Waals surface area contributed by atoms with Crippen molar-refractivity contribution in [3.63, 3.8) is 0 Å². The van der Waals surface area contributed by atoms with Gasteiger partial charge in [-0.1, -0.05) is 267 Å². The average Bonchev–Trinajstić information content (AvgIpc) is 3.96. The fraction of sp³-hybridized carbons (Fsp3) is 0.0149. The van der Waals surface area contributed by atoms with E-state index in [2.05, 4.69) is 273 Å². The van der Waals surface area contributed by atoms with Crippen molar-refractivity contribution in [3.05, 3.63) is 279 Å². The molecule has 0 unspecified atom stereocenters. The molecule has 0 heteroatoms. The summed E-state index contributed by atoms with van der Waals surface area (Å²) < 4.78 is 0. The first-order valence-electron chi connectivity index (χ1n) is 23.3. The Morgan fingerprint density at radius 2 is 0.418 bits per heavy atom. The van der Waals surface area contributed by atoms with Crippen LogP contribution in [0, 0.1) is 0 Å². The molecule has 0 fully saturated rings. The Morgan fingerprint density at radius 3 is 0.672 bits per heavy atom. The van der Waals surface area contributed by atoms with Crippen LogP contribution in [0.5, 0.6) is 0 Å². The maximum atomic E-state index is 2.59. The van der Waals surface area contributed by atoms with E-state index in [0.717, 1.165) is 0 Å². The molecule has 0 aromatic heterocycles. The third kappa shape index (κ3) is 7.03. The first-order valence-corrected chi connectivity index (χ1v) is 23.3. The monoisotopic (exact) mass is 850 g/mol. The summed E-state index contributed by atoms with van der Waals surface area (Å²) in [7, 11) is 0.